The normalized spacial score (nSPS) is 11.6. The average molecular weight is 437 g/mol. The third kappa shape index (κ3) is 28.4. The molecule has 4 heteroatoms. The highest BCUT2D eigenvalue weighted by Gasteiger charge is 1.95. The fourth-order valence-corrected chi connectivity index (χ4v) is 3.90. The first-order chi connectivity index (χ1) is 15.1. The number of carboxylic acids is 2. The van der Waals surface area contributed by atoms with Crippen LogP contribution in [0.25, 0.3) is 0 Å². The van der Waals surface area contributed by atoms with Gasteiger partial charge in [0, 0.05) is 12.2 Å². The van der Waals surface area contributed by atoms with Crippen LogP contribution >= 0.6 is 0 Å². The maximum atomic E-state index is 10.3. The molecule has 0 heterocycles. The van der Waals surface area contributed by atoms with Crippen molar-refractivity contribution in [2.45, 2.75) is 135 Å². The van der Waals surface area contributed by atoms with E-state index in [2.05, 4.69) is 0 Å². The van der Waals surface area contributed by atoms with Crippen LogP contribution in [0, 0.1) is 0 Å². The van der Waals surface area contributed by atoms with Gasteiger partial charge in [-0.25, -0.2) is 9.59 Å². The quantitative estimate of drug-likeness (QED) is 0.117. The monoisotopic (exact) mass is 436 g/mol. The summed E-state index contributed by atoms with van der Waals surface area (Å²) in [7, 11) is 0. The van der Waals surface area contributed by atoms with E-state index in [0.29, 0.717) is 0 Å². The number of hydrogen-bond donors (Lipinski definition) is 2. The van der Waals surface area contributed by atoms with Crippen LogP contribution in [-0.4, -0.2) is 22.2 Å². The molecule has 0 unspecified atom stereocenters. The van der Waals surface area contributed by atoms with Crippen molar-refractivity contribution in [2.75, 3.05) is 0 Å². The summed E-state index contributed by atoms with van der Waals surface area (Å²) in [4.78, 5) is 20.7. The minimum atomic E-state index is -0.843. The number of carbonyl (C=O) groups is 2. The Labute approximate surface area is 191 Å². The van der Waals surface area contributed by atoms with Crippen LogP contribution in [0.2, 0.25) is 0 Å². The van der Waals surface area contributed by atoms with Crippen molar-refractivity contribution in [3.05, 3.63) is 24.3 Å². The van der Waals surface area contributed by atoms with Crippen LogP contribution in [0.5, 0.6) is 0 Å². The van der Waals surface area contributed by atoms with E-state index in [9.17, 15) is 9.59 Å². The second-order valence-electron chi connectivity index (χ2n) is 8.78. The van der Waals surface area contributed by atoms with Gasteiger partial charge in [-0.1, -0.05) is 121 Å². The first-order valence-electron chi connectivity index (χ1n) is 12.9. The summed E-state index contributed by atoms with van der Waals surface area (Å²) in [6.07, 6.45) is 32.8. The Bertz CT molecular complexity index is 426. The standard InChI is InChI=1S/C27H48O4/c28-26(29)24-22-20-18-16-14-12-10-8-6-4-2-1-3-5-7-9-11-13-15-17-19-21-23-25-27(30)31/h22-25H,1-21H2,(H,28,29)(H,30,31). The highest BCUT2D eigenvalue weighted by Crippen LogP contribution is 2.15. The van der Waals surface area contributed by atoms with E-state index in [4.69, 9.17) is 10.2 Å². The van der Waals surface area contributed by atoms with E-state index in [-0.39, 0.29) is 0 Å². The van der Waals surface area contributed by atoms with E-state index < -0.39 is 11.9 Å². The Kier molecular flexibility index (Phi) is 23.4. The SMILES string of the molecule is O=C(O)C=CCCCCCCCCCCCCCCCCCCCCCC=CC(=O)O. The maximum Gasteiger partial charge on any atom is 0.327 e. The summed E-state index contributed by atoms with van der Waals surface area (Å²) in [5, 5.41) is 17.0. The lowest BCUT2D eigenvalue weighted by Crippen LogP contribution is -1.86. The number of aliphatic carboxylic acids is 2. The van der Waals surface area contributed by atoms with Crippen LogP contribution in [0.15, 0.2) is 24.3 Å². The van der Waals surface area contributed by atoms with Crippen LogP contribution in [0.4, 0.5) is 0 Å². The fourth-order valence-electron chi connectivity index (χ4n) is 3.90. The molecule has 0 saturated carbocycles. The Morgan fingerprint density at radius 2 is 0.581 bits per heavy atom. The summed E-state index contributed by atoms with van der Waals surface area (Å²) < 4.78 is 0. The largest absolute Gasteiger partial charge is 0.478 e. The molecule has 0 radical (unpaired) electrons. The predicted molar refractivity (Wildman–Crippen MR) is 131 cm³/mol. The first kappa shape index (κ1) is 29.4. The molecule has 0 aliphatic heterocycles. The van der Waals surface area contributed by atoms with Gasteiger partial charge in [0.05, 0.1) is 0 Å². The zero-order valence-corrected chi connectivity index (χ0v) is 19.9. The van der Waals surface area contributed by atoms with Gasteiger partial charge in [0.2, 0.25) is 0 Å². The number of unbranched alkanes of at least 4 members (excludes halogenated alkanes) is 20. The summed E-state index contributed by atoms with van der Waals surface area (Å²) in [5.41, 5.74) is 0. The van der Waals surface area contributed by atoms with E-state index in [1.807, 2.05) is 0 Å². The highest BCUT2D eigenvalue weighted by atomic mass is 16.4. The van der Waals surface area contributed by atoms with Gasteiger partial charge in [-0.05, 0) is 25.7 Å². The maximum absolute atomic E-state index is 10.3. The molecule has 0 amide bonds. The molecular weight excluding hydrogens is 388 g/mol. The van der Waals surface area contributed by atoms with E-state index in [1.54, 1.807) is 12.2 Å². The van der Waals surface area contributed by atoms with Crippen molar-refractivity contribution in [2.24, 2.45) is 0 Å². The Hall–Kier alpha value is -1.58. The lowest BCUT2D eigenvalue weighted by atomic mass is 10.0. The van der Waals surface area contributed by atoms with Crippen LogP contribution in [0.1, 0.15) is 135 Å². The molecule has 0 aromatic carbocycles. The molecule has 0 bridgehead atoms. The smallest absolute Gasteiger partial charge is 0.327 e. The first-order valence-corrected chi connectivity index (χ1v) is 12.9. The molecule has 180 valence electrons. The lowest BCUT2D eigenvalue weighted by Gasteiger charge is -2.04. The number of carboxylic acid groups (broad SMARTS) is 2. The third-order valence-electron chi connectivity index (χ3n) is 5.76. The zero-order valence-electron chi connectivity index (χ0n) is 19.9. The molecule has 0 saturated heterocycles. The molecule has 0 fully saturated rings. The van der Waals surface area contributed by atoms with Crippen molar-refractivity contribution < 1.29 is 19.8 Å². The Balaban J connectivity index is 3.08. The molecule has 0 spiro atoms. The van der Waals surface area contributed by atoms with E-state index in [1.165, 1.54) is 121 Å². The molecule has 0 aromatic heterocycles. The Morgan fingerprint density at radius 1 is 0.387 bits per heavy atom. The molecule has 0 rings (SSSR count). The minimum absolute atomic E-state index is 0.843. The van der Waals surface area contributed by atoms with Crippen molar-refractivity contribution in [3.8, 4) is 0 Å². The van der Waals surface area contributed by atoms with Gasteiger partial charge < -0.3 is 10.2 Å². The number of hydrogen-bond acceptors (Lipinski definition) is 2. The lowest BCUT2D eigenvalue weighted by molar-refractivity contribution is -0.132. The van der Waals surface area contributed by atoms with Gasteiger partial charge in [-0.15, -0.1) is 0 Å². The summed E-state index contributed by atoms with van der Waals surface area (Å²) in [6.45, 7) is 0. The van der Waals surface area contributed by atoms with Crippen LogP contribution in [-0.2, 0) is 9.59 Å². The highest BCUT2D eigenvalue weighted by molar-refractivity contribution is 5.79. The van der Waals surface area contributed by atoms with Gasteiger partial charge in [0.1, 0.15) is 0 Å². The molecule has 0 aromatic rings. The van der Waals surface area contributed by atoms with Gasteiger partial charge in [-0.3, -0.25) is 0 Å². The van der Waals surface area contributed by atoms with Crippen LogP contribution in [0.3, 0.4) is 0 Å². The molecule has 4 nitrogen and oxygen atoms in total. The fraction of sp³-hybridized carbons (Fsp3) is 0.778. The number of rotatable bonds is 24. The van der Waals surface area contributed by atoms with Crippen molar-refractivity contribution >= 4 is 11.9 Å². The van der Waals surface area contributed by atoms with Crippen LogP contribution < -0.4 is 0 Å². The Morgan fingerprint density at radius 3 is 0.774 bits per heavy atom. The summed E-state index contributed by atoms with van der Waals surface area (Å²) in [6, 6.07) is 0. The molecule has 0 aliphatic rings. The summed E-state index contributed by atoms with van der Waals surface area (Å²) in [5.74, 6) is -1.69. The predicted octanol–water partition coefficient (Wildman–Crippen LogP) is 8.46. The topological polar surface area (TPSA) is 74.6 Å². The summed E-state index contributed by atoms with van der Waals surface area (Å²) >= 11 is 0. The van der Waals surface area contributed by atoms with E-state index >= 15 is 0 Å². The second kappa shape index (κ2) is 24.7. The van der Waals surface area contributed by atoms with Crippen molar-refractivity contribution in [3.63, 3.8) is 0 Å². The number of allylic oxidation sites excluding steroid dienone is 2. The average Bonchev–Trinajstić information content (AvgIpc) is 2.73. The van der Waals surface area contributed by atoms with Gasteiger partial charge in [0.15, 0.2) is 0 Å². The second-order valence-corrected chi connectivity index (χ2v) is 8.78. The minimum Gasteiger partial charge on any atom is -0.478 e. The zero-order chi connectivity index (χ0) is 22.8. The molecule has 0 atom stereocenters. The van der Waals surface area contributed by atoms with Crippen molar-refractivity contribution in [1.82, 2.24) is 0 Å². The van der Waals surface area contributed by atoms with E-state index in [0.717, 1.165) is 25.7 Å². The molecule has 0 aliphatic carbocycles. The van der Waals surface area contributed by atoms with Crippen molar-refractivity contribution in [1.29, 1.82) is 0 Å². The molecular formula is C27H48O4. The van der Waals surface area contributed by atoms with Gasteiger partial charge >= 0.3 is 11.9 Å². The molecule has 31 heavy (non-hydrogen) atoms. The van der Waals surface area contributed by atoms with Gasteiger partial charge in [-0.2, -0.15) is 0 Å². The third-order valence-corrected chi connectivity index (χ3v) is 5.76. The molecule has 2 N–H and O–H groups in total. The van der Waals surface area contributed by atoms with Gasteiger partial charge in [0.25, 0.3) is 0 Å².